The van der Waals surface area contributed by atoms with Crippen molar-refractivity contribution in [2.45, 2.75) is 19.9 Å². The van der Waals surface area contributed by atoms with Gasteiger partial charge in [0.05, 0.1) is 11.7 Å². The van der Waals surface area contributed by atoms with Gasteiger partial charge in [-0.1, -0.05) is 31.2 Å². The van der Waals surface area contributed by atoms with Gasteiger partial charge >= 0.3 is 5.69 Å². The number of anilines is 1. The molecule has 4 aromatic rings. The smallest absolute Gasteiger partial charge is 0.325 e. The molecule has 0 fully saturated rings. The molecule has 5 rings (SSSR count). The molecule has 1 aliphatic rings. The average Bonchev–Trinajstić information content (AvgIpc) is 3.32. The van der Waals surface area contributed by atoms with Crippen LogP contribution in [0.1, 0.15) is 40.7 Å². The standard InChI is InChI=1S/C27H22F2N8O2/c1-27(6-4-16(5-7-27)17-9-21-23(31-12-17)37-26(39)36-21)14-34-24-22(35-18(10-30)13-32-24)25(38)33-11-15-2-3-19(28)20(29)8-15/h2-6,8-9,12-13H,7,11,14H2,1H3,(H,32,34)(H,33,38)(H2,31,36,37,39)/t27-/m1/s1. The minimum absolute atomic E-state index is 0.0378. The summed E-state index contributed by atoms with van der Waals surface area (Å²) < 4.78 is 26.7. The highest BCUT2D eigenvalue weighted by atomic mass is 19.2. The number of nitrogens with zero attached hydrogens (tertiary/aromatic N) is 4. The number of nitrogens with one attached hydrogen (secondary N) is 4. The molecular weight excluding hydrogens is 506 g/mol. The van der Waals surface area contributed by atoms with E-state index >= 15 is 0 Å². The number of carbonyl (C=O) groups is 1. The van der Waals surface area contributed by atoms with E-state index in [1.54, 1.807) is 6.20 Å². The Bertz CT molecular complexity index is 1750. The van der Waals surface area contributed by atoms with E-state index in [2.05, 4.69) is 41.6 Å². The number of nitriles is 1. The molecule has 12 heteroatoms. The van der Waals surface area contributed by atoms with Crippen LogP contribution in [0.5, 0.6) is 0 Å². The van der Waals surface area contributed by atoms with E-state index < -0.39 is 17.5 Å². The highest BCUT2D eigenvalue weighted by Crippen LogP contribution is 2.33. The lowest BCUT2D eigenvalue weighted by molar-refractivity contribution is 0.0946. The molecule has 3 heterocycles. The summed E-state index contributed by atoms with van der Waals surface area (Å²) in [7, 11) is 0. The van der Waals surface area contributed by atoms with Crippen molar-refractivity contribution >= 4 is 28.5 Å². The van der Waals surface area contributed by atoms with Crippen LogP contribution in [0, 0.1) is 28.4 Å². The van der Waals surface area contributed by atoms with Crippen LogP contribution >= 0.6 is 0 Å². The van der Waals surface area contributed by atoms with Gasteiger partial charge in [0.25, 0.3) is 5.91 Å². The predicted octanol–water partition coefficient (Wildman–Crippen LogP) is 3.58. The number of aromatic amines is 2. The molecule has 1 amide bonds. The van der Waals surface area contributed by atoms with Crippen molar-refractivity contribution in [1.82, 2.24) is 30.2 Å². The number of fused-ring (bicyclic) bond motifs is 1. The Morgan fingerprint density at radius 1 is 1.18 bits per heavy atom. The second-order valence-electron chi connectivity index (χ2n) is 9.40. The molecule has 10 nitrogen and oxygen atoms in total. The van der Waals surface area contributed by atoms with E-state index in [0.717, 1.165) is 23.3 Å². The van der Waals surface area contributed by atoms with E-state index in [1.165, 1.54) is 12.3 Å². The summed E-state index contributed by atoms with van der Waals surface area (Å²) in [6.07, 6.45) is 9.70. The van der Waals surface area contributed by atoms with Gasteiger partial charge in [-0.3, -0.25) is 9.78 Å². The molecule has 0 radical (unpaired) electrons. The molecule has 4 N–H and O–H groups in total. The molecule has 39 heavy (non-hydrogen) atoms. The fourth-order valence-electron chi connectivity index (χ4n) is 4.13. The summed E-state index contributed by atoms with van der Waals surface area (Å²) in [5.74, 6) is -2.43. The number of rotatable bonds is 7. The first-order valence-corrected chi connectivity index (χ1v) is 11.9. The van der Waals surface area contributed by atoms with E-state index in [1.807, 2.05) is 31.2 Å². The molecule has 1 aromatic carbocycles. The van der Waals surface area contributed by atoms with Gasteiger partial charge in [-0.25, -0.2) is 28.5 Å². The van der Waals surface area contributed by atoms with Crippen molar-refractivity contribution in [3.05, 3.63) is 99.5 Å². The van der Waals surface area contributed by atoms with Gasteiger partial charge < -0.3 is 15.6 Å². The van der Waals surface area contributed by atoms with Crippen LogP contribution in [-0.4, -0.2) is 37.4 Å². The van der Waals surface area contributed by atoms with Crippen molar-refractivity contribution in [3.63, 3.8) is 0 Å². The molecule has 1 atom stereocenters. The fraction of sp³-hybridized carbons (Fsp3) is 0.185. The van der Waals surface area contributed by atoms with E-state index in [-0.39, 0.29) is 34.9 Å². The third kappa shape index (κ3) is 5.57. The normalized spacial score (nSPS) is 16.5. The van der Waals surface area contributed by atoms with Crippen LogP contribution in [0.2, 0.25) is 0 Å². The van der Waals surface area contributed by atoms with Gasteiger partial charge in [0.2, 0.25) is 0 Å². The van der Waals surface area contributed by atoms with Crippen molar-refractivity contribution in [2.75, 3.05) is 11.9 Å². The Morgan fingerprint density at radius 3 is 2.77 bits per heavy atom. The van der Waals surface area contributed by atoms with E-state index in [0.29, 0.717) is 29.7 Å². The minimum Gasteiger partial charge on any atom is -0.367 e. The number of imidazole rings is 1. The molecule has 0 aliphatic heterocycles. The third-order valence-electron chi connectivity index (χ3n) is 6.35. The van der Waals surface area contributed by atoms with Crippen LogP contribution < -0.4 is 16.3 Å². The van der Waals surface area contributed by atoms with Gasteiger partial charge in [0, 0.05) is 30.3 Å². The van der Waals surface area contributed by atoms with Crippen molar-refractivity contribution in [2.24, 2.45) is 5.41 Å². The van der Waals surface area contributed by atoms with Gasteiger partial charge in [-0.2, -0.15) is 5.26 Å². The lowest BCUT2D eigenvalue weighted by Crippen LogP contribution is -2.29. The number of aromatic nitrogens is 5. The number of allylic oxidation sites excluding steroid dienone is 3. The highest BCUT2D eigenvalue weighted by molar-refractivity contribution is 5.96. The molecule has 3 aromatic heterocycles. The second-order valence-corrected chi connectivity index (χ2v) is 9.40. The first-order valence-electron chi connectivity index (χ1n) is 11.9. The predicted molar refractivity (Wildman–Crippen MR) is 139 cm³/mol. The summed E-state index contributed by atoms with van der Waals surface area (Å²) in [4.78, 5) is 42.3. The summed E-state index contributed by atoms with van der Waals surface area (Å²) >= 11 is 0. The molecular formula is C27H22F2N8O2. The number of hydrogen-bond donors (Lipinski definition) is 4. The molecule has 0 saturated heterocycles. The summed E-state index contributed by atoms with van der Waals surface area (Å²) in [6, 6.07) is 7.06. The summed E-state index contributed by atoms with van der Waals surface area (Å²) in [5.41, 5.74) is 2.52. The number of carbonyl (C=O) groups excluding carboxylic acids is 1. The molecule has 0 spiro atoms. The zero-order chi connectivity index (χ0) is 27.6. The molecule has 196 valence electrons. The first kappa shape index (κ1) is 25.5. The third-order valence-corrected chi connectivity index (χ3v) is 6.35. The number of pyridine rings is 1. The van der Waals surface area contributed by atoms with Gasteiger partial charge in [-0.15, -0.1) is 0 Å². The largest absolute Gasteiger partial charge is 0.367 e. The van der Waals surface area contributed by atoms with Crippen molar-refractivity contribution in [1.29, 1.82) is 5.26 Å². The molecule has 0 saturated carbocycles. The molecule has 1 aliphatic carbocycles. The summed E-state index contributed by atoms with van der Waals surface area (Å²) in [5, 5.41) is 15.0. The zero-order valence-corrected chi connectivity index (χ0v) is 20.7. The maximum atomic E-state index is 13.5. The zero-order valence-electron chi connectivity index (χ0n) is 20.7. The van der Waals surface area contributed by atoms with Crippen molar-refractivity contribution in [3.8, 4) is 6.07 Å². The number of amides is 1. The Morgan fingerprint density at radius 2 is 2.03 bits per heavy atom. The number of hydrogen-bond acceptors (Lipinski definition) is 7. The van der Waals surface area contributed by atoms with Crippen LogP contribution in [0.4, 0.5) is 14.6 Å². The van der Waals surface area contributed by atoms with Gasteiger partial charge in [0.15, 0.2) is 34.5 Å². The summed E-state index contributed by atoms with van der Waals surface area (Å²) in [6.45, 7) is 2.37. The van der Waals surface area contributed by atoms with E-state index in [9.17, 15) is 23.6 Å². The fourth-order valence-corrected chi connectivity index (χ4v) is 4.13. The first-order chi connectivity index (χ1) is 18.7. The number of H-pyrrole nitrogens is 2. The second kappa shape index (κ2) is 10.3. The monoisotopic (exact) mass is 528 g/mol. The van der Waals surface area contributed by atoms with Crippen LogP contribution in [-0.2, 0) is 6.54 Å². The quantitative estimate of drug-likeness (QED) is 0.286. The maximum Gasteiger partial charge on any atom is 0.325 e. The minimum atomic E-state index is -1.02. The Kier molecular flexibility index (Phi) is 6.72. The Labute approximate surface area is 220 Å². The van der Waals surface area contributed by atoms with Crippen LogP contribution in [0.15, 0.2) is 59.7 Å². The topological polar surface area (TPSA) is 152 Å². The SMILES string of the molecule is C[C@@]1(CNc2ncc(C#N)nc2C(=O)NCc2ccc(F)c(F)c2)C=CC(c2cnc3[nH]c(=O)[nH]c3c2)=CC1. The lowest BCUT2D eigenvalue weighted by atomic mass is 9.81. The highest BCUT2D eigenvalue weighted by Gasteiger charge is 2.25. The van der Waals surface area contributed by atoms with Gasteiger partial charge in [0.1, 0.15) is 6.07 Å². The Balaban J connectivity index is 1.27. The average molecular weight is 529 g/mol. The van der Waals surface area contributed by atoms with E-state index in [4.69, 9.17) is 0 Å². The van der Waals surface area contributed by atoms with Crippen LogP contribution in [0.25, 0.3) is 16.7 Å². The number of halogens is 2. The Hall–Kier alpha value is -5.18. The maximum absolute atomic E-state index is 13.5. The lowest BCUT2D eigenvalue weighted by Gasteiger charge is -2.29. The molecule has 0 bridgehead atoms. The van der Waals surface area contributed by atoms with Crippen molar-refractivity contribution < 1.29 is 13.6 Å². The molecule has 0 unspecified atom stereocenters. The van der Waals surface area contributed by atoms with Crippen LogP contribution in [0.3, 0.4) is 0 Å². The number of benzene rings is 1. The van der Waals surface area contributed by atoms with Gasteiger partial charge in [-0.05, 0) is 35.8 Å².